The highest BCUT2D eigenvalue weighted by Gasteiger charge is 2.26. The van der Waals surface area contributed by atoms with Gasteiger partial charge >= 0.3 is 0 Å². The largest absolute Gasteiger partial charge is 0.392 e. The van der Waals surface area contributed by atoms with E-state index >= 15 is 0 Å². The van der Waals surface area contributed by atoms with Crippen LogP contribution in [0.15, 0.2) is 18.2 Å². The summed E-state index contributed by atoms with van der Waals surface area (Å²) in [5, 5.41) is 8.85. The second kappa shape index (κ2) is 5.16. The smallest absolute Gasteiger partial charge is 0.200 e. The van der Waals surface area contributed by atoms with Gasteiger partial charge in [-0.05, 0) is 17.7 Å². The van der Waals surface area contributed by atoms with Crippen molar-refractivity contribution >= 4 is 0 Å². The number of aliphatic hydroxyl groups excluding tert-OH is 1. The first-order valence-corrected chi connectivity index (χ1v) is 5.29. The standard InChI is InChI=1S/C13H6F6O/c14-7-2-1-5(3-6(7)4-20)8-9(15)11(17)13(19)12(18)10(8)16/h1-3,20H,4H2. The molecule has 0 spiro atoms. The molecule has 0 aliphatic rings. The van der Waals surface area contributed by atoms with Gasteiger partial charge in [-0.2, -0.15) is 0 Å². The fourth-order valence-corrected chi connectivity index (χ4v) is 1.71. The van der Waals surface area contributed by atoms with E-state index in [-0.39, 0.29) is 5.56 Å². The first-order chi connectivity index (χ1) is 9.38. The third-order valence-electron chi connectivity index (χ3n) is 2.71. The molecule has 0 atom stereocenters. The third kappa shape index (κ3) is 2.14. The maximum atomic E-state index is 13.5. The molecule has 0 bridgehead atoms. The lowest BCUT2D eigenvalue weighted by atomic mass is 10.0. The molecule has 0 saturated carbocycles. The quantitative estimate of drug-likeness (QED) is 0.508. The minimum atomic E-state index is -2.27. The fraction of sp³-hybridized carbons (Fsp3) is 0.0769. The average molecular weight is 292 g/mol. The molecule has 0 saturated heterocycles. The van der Waals surface area contributed by atoms with Gasteiger partial charge in [0.05, 0.1) is 12.2 Å². The highest BCUT2D eigenvalue weighted by Crippen LogP contribution is 2.32. The molecule has 1 nitrogen and oxygen atoms in total. The zero-order chi connectivity index (χ0) is 15.0. The number of hydrogen-bond donors (Lipinski definition) is 1. The van der Waals surface area contributed by atoms with Crippen molar-refractivity contribution in [1.82, 2.24) is 0 Å². The molecule has 0 aliphatic carbocycles. The van der Waals surface area contributed by atoms with Crippen molar-refractivity contribution < 1.29 is 31.4 Å². The summed E-state index contributed by atoms with van der Waals surface area (Å²) in [6.45, 7) is -0.783. The third-order valence-corrected chi connectivity index (χ3v) is 2.71. The van der Waals surface area contributed by atoms with Crippen molar-refractivity contribution in [3.05, 3.63) is 58.7 Å². The van der Waals surface area contributed by atoms with Crippen LogP contribution >= 0.6 is 0 Å². The molecule has 0 fully saturated rings. The van der Waals surface area contributed by atoms with Crippen molar-refractivity contribution in [3.63, 3.8) is 0 Å². The Hall–Kier alpha value is -2.02. The second-order valence-corrected chi connectivity index (χ2v) is 3.91. The van der Waals surface area contributed by atoms with Crippen molar-refractivity contribution in [2.24, 2.45) is 0 Å². The van der Waals surface area contributed by atoms with Crippen LogP contribution in [-0.4, -0.2) is 5.11 Å². The summed E-state index contributed by atoms with van der Waals surface area (Å²) in [7, 11) is 0. The topological polar surface area (TPSA) is 20.2 Å². The van der Waals surface area contributed by atoms with Gasteiger partial charge in [0.2, 0.25) is 5.82 Å². The second-order valence-electron chi connectivity index (χ2n) is 3.91. The molecular formula is C13H6F6O. The van der Waals surface area contributed by atoms with E-state index in [2.05, 4.69) is 0 Å². The van der Waals surface area contributed by atoms with Crippen LogP contribution in [-0.2, 0) is 6.61 Å². The van der Waals surface area contributed by atoms with Crippen LogP contribution in [0.4, 0.5) is 26.3 Å². The SMILES string of the molecule is OCc1cc(-c2c(F)c(F)c(F)c(F)c2F)ccc1F. The summed E-state index contributed by atoms with van der Waals surface area (Å²) in [6, 6.07) is 2.43. The predicted octanol–water partition coefficient (Wildman–Crippen LogP) is 3.68. The maximum Gasteiger partial charge on any atom is 0.200 e. The molecule has 2 rings (SSSR count). The number of benzene rings is 2. The average Bonchev–Trinajstić information content (AvgIpc) is 2.45. The van der Waals surface area contributed by atoms with Crippen LogP contribution in [0.25, 0.3) is 11.1 Å². The Labute approximate surface area is 109 Å². The van der Waals surface area contributed by atoms with E-state index in [0.717, 1.165) is 18.2 Å². The minimum Gasteiger partial charge on any atom is -0.392 e. The molecule has 1 N–H and O–H groups in total. The Morgan fingerprint density at radius 2 is 1.25 bits per heavy atom. The highest BCUT2D eigenvalue weighted by atomic mass is 19.2. The summed E-state index contributed by atoms with van der Waals surface area (Å²) in [6.07, 6.45) is 0. The zero-order valence-electron chi connectivity index (χ0n) is 9.65. The molecule has 0 aliphatic heterocycles. The van der Waals surface area contributed by atoms with Crippen molar-refractivity contribution in [1.29, 1.82) is 0 Å². The van der Waals surface area contributed by atoms with Gasteiger partial charge in [0.1, 0.15) is 5.82 Å². The molecule has 0 radical (unpaired) electrons. The van der Waals surface area contributed by atoms with Crippen molar-refractivity contribution in [2.75, 3.05) is 0 Å². The van der Waals surface area contributed by atoms with Crippen LogP contribution in [0.2, 0.25) is 0 Å². The fourth-order valence-electron chi connectivity index (χ4n) is 1.71. The summed E-state index contributed by atoms with van der Waals surface area (Å²) >= 11 is 0. The number of aliphatic hydroxyl groups is 1. The Bertz CT molecular complexity index is 654. The van der Waals surface area contributed by atoms with Gasteiger partial charge in [-0.25, -0.2) is 26.3 Å². The zero-order valence-corrected chi connectivity index (χ0v) is 9.65. The molecule has 2 aromatic rings. The number of halogens is 6. The van der Waals surface area contributed by atoms with Crippen molar-refractivity contribution in [2.45, 2.75) is 6.61 Å². The van der Waals surface area contributed by atoms with Gasteiger partial charge in [-0.15, -0.1) is 0 Å². The highest BCUT2D eigenvalue weighted by molar-refractivity contribution is 5.66. The van der Waals surface area contributed by atoms with Gasteiger partial charge in [0.15, 0.2) is 23.3 Å². The first kappa shape index (κ1) is 14.4. The van der Waals surface area contributed by atoms with E-state index in [4.69, 9.17) is 5.11 Å². The molecule has 0 heterocycles. The van der Waals surface area contributed by atoms with Crippen LogP contribution in [0.5, 0.6) is 0 Å². The lowest BCUT2D eigenvalue weighted by Gasteiger charge is -2.09. The number of hydrogen-bond acceptors (Lipinski definition) is 1. The van der Waals surface area contributed by atoms with E-state index in [1.54, 1.807) is 0 Å². The normalized spacial score (nSPS) is 10.9. The summed E-state index contributed by atoms with van der Waals surface area (Å²) in [5.74, 6) is -11.3. The molecule has 0 unspecified atom stereocenters. The molecule has 2 aromatic carbocycles. The minimum absolute atomic E-state index is 0.327. The van der Waals surface area contributed by atoms with Gasteiger partial charge in [0, 0.05) is 5.56 Å². The Balaban J connectivity index is 2.76. The van der Waals surface area contributed by atoms with Gasteiger partial charge in [-0.1, -0.05) is 6.07 Å². The predicted molar refractivity (Wildman–Crippen MR) is 57.5 cm³/mol. The van der Waals surface area contributed by atoms with E-state index in [1.165, 1.54) is 0 Å². The molecule has 0 aromatic heterocycles. The molecule has 106 valence electrons. The Morgan fingerprint density at radius 3 is 1.75 bits per heavy atom. The van der Waals surface area contributed by atoms with E-state index in [1.807, 2.05) is 0 Å². The first-order valence-electron chi connectivity index (χ1n) is 5.29. The van der Waals surface area contributed by atoms with Gasteiger partial charge in [0.25, 0.3) is 0 Å². The maximum absolute atomic E-state index is 13.5. The lowest BCUT2D eigenvalue weighted by Crippen LogP contribution is -2.04. The molecule has 7 heteroatoms. The number of rotatable bonds is 2. The van der Waals surface area contributed by atoms with E-state index in [9.17, 15) is 26.3 Å². The summed E-state index contributed by atoms with van der Waals surface area (Å²) in [5.41, 5.74) is -1.93. The summed E-state index contributed by atoms with van der Waals surface area (Å²) in [4.78, 5) is 0. The molecule has 20 heavy (non-hydrogen) atoms. The van der Waals surface area contributed by atoms with E-state index in [0.29, 0.717) is 0 Å². The van der Waals surface area contributed by atoms with Crippen LogP contribution < -0.4 is 0 Å². The monoisotopic (exact) mass is 292 g/mol. The molecular weight excluding hydrogens is 286 g/mol. The molecule has 0 amide bonds. The summed E-state index contributed by atoms with van der Waals surface area (Å²) < 4.78 is 79.3. The van der Waals surface area contributed by atoms with Crippen LogP contribution in [0, 0.1) is 34.9 Å². The van der Waals surface area contributed by atoms with Gasteiger partial charge in [-0.3, -0.25) is 0 Å². The van der Waals surface area contributed by atoms with Crippen LogP contribution in [0.1, 0.15) is 5.56 Å². The van der Waals surface area contributed by atoms with Gasteiger partial charge < -0.3 is 5.11 Å². The van der Waals surface area contributed by atoms with E-state index < -0.39 is 52.6 Å². The Morgan fingerprint density at radius 1 is 0.750 bits per heavy atom. The van der Waals surface area contributed by atoms with Crippen LogP contribution in [0.3, 0.4) is 0 Å². The Kier molecular flexibility index (Phi) is 3.71. The van der Waals surface area contributed by atoms with Crippen molar-refractivity contribution in [3.8, 4) is 11.1 Å². The lowest BCUT2D eigenvalue weighted by molar-refractivity contribution is 0.276.